The molecular weight excluding hydrogens is 642 g/mol. The molecule has 4 N–H and O–H groups in total. The van der Waals surface area contributed by atoms with Crippen molar-refractivity contribution < 1.29 is 19.1 Å². The Morgan fingerprint density at radius 1 is 1.02 bits per heavy atom. The molecule has 11 heteroatoms. The number of nitrogens with zero attached hydrogens (tertiary/aromatic N) is 3. The Balaban J connectivity index is 1.12. The molecule has 0 radical (unpaired) electrons. The molecule has 0 spiro atoms. The number of H-pyrrole nitrogens is 1. The molecule has 3 heterocycles. The fourth-order valence-electron chi connectivity index (χ4n) is 6.29. The Kier molecular flexibility index (Phi) is 12.7. The van der Waals surface area contributed by atoms with Crippen LogP contribution in [0.5, 0.6) is 0 Å². The Hall–Kier alpha value is -5.29. The fraction of sp³-hybridized carbons (Fsp3) is 0.475. The van der Waals surface area contributed by atoms with Gasteiger partial charge in [0.25, 0.3) is 0 Å². The molecule has 1 fully saturated rings. The first-order valence-corrected chi connectivity index (χ1v) is 17.9. The number of carbonyl (C=O) groups excluding carboxylic acids is 3. The zero-order chi connectivity index (χ0) is 36.3. The maximum absolute atomic E-state index is 13.4. The number of methoxy groups -OCH3 is 1. The van der Waals surface area contributed by atoms with E-state index in [1.165, 1.54) is 7.11 Å². The zero-order valence-electron chi connectivity index (χ0n) is 30.3. The number of likely N-dealkylation sites (tertiary alicyclic amines) is 1. The lowest BCUT2D eigenvalue weighted by atomic mass is 10.0. The molecule has 2 aliphatic rings. The van der Waals surface area contributed by atoms with Crippen LogP contribution in [0, 0.1) is 35.5 Å². The number of amidine groups is 1. The molecule has 5 rings (SSSR count). The first-order valence-electron chi connectivity index (χ1n) is 17.9. The van der Waals surface area contributed by atoms with Gasteiger partial charge in [0.15, 0.2) is 0 Å². The first-order chi connectivity index (χ1) is 24.6. The summed E-state index contributed by atoms with van der Waals surface area (Å²) in [6, 6.07) is 11.3. The van der Waals surface area contributed by atoms with Crippen molar-refractivity contribution >= 4 is 34.5 Å². The molecule has 1 aromatic heterocycles. The number of amides is 3. The standard InChI is InChI=1S/C40H49N7O4/c1-26(2)21-36(48)41-19-7-6-10-35-42-24-32(44-35)17-13-28-11-15-31-23-29(12-16-30(31)22-28)14-18-33-25-43-38(45-33)34-9-8-20-47(34)39(49)37(27(3)4)46-40(50)51-5/h11-12,15-16,22-24,26-27,33-34,37H,6-10,19-21,25H2,1-5H3,(H,41,48)(H,42,44)(H,43,45)(H,46,50)/t33?,34-,37-/m0/s1. The minimum Gasteiger partial charge on any atom is -0.453 e. The topological polar surface area (TPSA) is 141 Å². The number of aryl methyl sites for hydroxylation is 1. The van der Waals surface area contributed by atoms with Crippen LogP contribution in [0.15, 0.2) is 47.6 Å². The van der Waals surface area contributed by atoms with Gasteiger partial charge in [-0.25, -0.2) is 9.78 Å². The maximum Gasteiger partial charge on any atom is 0.407 e. The molecule has 0 bridgehead atoms. The molecule has 0 saturated carbocycles. The van der Waals surface area contributed by atoms with Crippen LogP contribution in [0.25, 0.3) is 10.8 Å². The number of aromatic amines is 1. The number of benzene rings is 2. The number of fused-ring (bicyclic) bond motifs is 1. The average Bonchev–Trinajstić information content (AvgIpc) is 3.89. The van der Waals surface area contributed by atoms with Gasteiger partial charge in [0.2, 0.25) is 11.8 Å². The summed E-state index contributed by atoms with van der Waals surface area (Å²) in [6.45, 7) is 9.71. The van der Waals surface area contributed by atoms with Gasteiger partial charge in [-0.05, 0) is 78.5 Å². The Bertz CT molecular complexity index is 1870. The molecule has 3 amide bonds. The van der Waals surface area contributed by atoms with Crippen molar-refractivity contribution in [3.8, 4) is 23.7 Å². The van der Waals surface area contributed by atoms with Gasteiger partial charge in [0.1, 0.15) is 29.4 Å². The summed E-state index contributed by atoms with van der Waals surface area (Å²) in [5.74, 6) is 15.0. The van der Waals surface area contributed by atoms with Crippen LogP contribution in [0.2, 0.25) is 0 Å². The minimum atomic E-state index is -0.667. The maximum atomic E-state index is 13.4. The quantitative estimate of drug-likeness (QED) is 0.172. The van der Waals surface area contributed by atoms with Crippen molar-refractivity contribution in [3.63, 3.8) is 0 Å². The molecule has 51 heavy (non-hydrogen) atoms. The van der Waals surface area contributed by atoms with Crippen molar-refractivity contribution in [2.75, 3.05) is 26.7 Å². The number of alkyl carbamates (subject to hydrolysis) is 1. The number of unbranched alkanes of at least 4 members (excludes halogenated alkanes) is 1. The van der Waals surface area contributed by atoms with E-state index in [0.717, 1.165) is 71.4 Å². The van der Waals surface area contributed by atoms with Crippen LogP contribution in [0.4, 0.5) is 4.79 Å². The van der Waals surface area contributed by atoms with E-state index in [4.69, 9.17) is 9.73 Å². The summed E-state index contributed by atoms with van der Waals surface area (Å²) in [5.41, 5.74) is 2.59. The van der Waals surface area contributed by atoms with Crippen molar-refractivity contribution in [3.05, 3.63) is 65.2 Å². The van der Waals surface area contributed by atoms with Crippen LogP contribution in [-0.4, -0.2) is 83.5 Å². The van der Waals surface area contributed by atoms with Crippen LogP contribution < -0.4 is 16.0 Å². The van der Waals surface area contributed by atoms with Gasteiger partial charge in [0, 0.05) is 37.1 Å². The molecular formula is C40H49N7O4. The van der Waals surface area contributed by atoms with E-state index in [2.05, 4.69) is 73.9 Å². The summed E-state index contributed by atoms with van der Waals surface area (Å²) in [7, 11) is 1.29. The predicted molar refractivity (Wildman–Crippen MR) is 199 cm³/mol. The van der Waals surface area contributed by atoms with Crippen LogP contribution in [-0.2, 0) is 20.7 Å². The van der Waals surface area contributed by atoms with Gasteiger partial charge in [-0.3, -0.25) is 14.6 Å². The lowest BCUT2D eigenvalue weighted by molar-refractivity contribution is -0.134. The molecule has 1 saturated heterocycles. The normalized spacial score (nSPS) is 17.2. The molecule has 3 aromatic rings. The van der Waals surface area contributed by atoms with E-state index in [9.17, 15) is 14.4 Å². The highest BCUT2D eigenvalue weighted by Crippen LogP contribution is 2.23. The first kappa shape index (κ1) is 37.0. The van der Waals surface area contributed by atoms with E-state index >= 15 is 0 Å². The molecule has 1 unspecified atom stereocenters. The summed E-state index contributed by atoms with van der Waals surface area (Å²) in [6.07, 6.45) is 6.05. The minimum absolute atomic E-state index is 0.0871. The molecule has 2 aliphatic heterocycles. The van der Waals surface area contributed by atoms with Gasteiger partial charge in [-0.2, -0.15) is 0 Å². The van der Waals surface area contributed by atoms with Crippen molar-refractivity contribution in [2.45, 2.75) is 84.3 Å². The summed E-state index contributed by atoms with van der Waals surface area (Å²) in [5, 5.41) is 11.3. The number of carbonyl (C=O) groups is 3. The van der Waals surface area contributed by atoms with E-state index < -0.39 is 12.1 Å². The monoisotopic (exact) mass is 691 g/mol. The molecule has 11 nitrogen and oxygen atoms in total. The number of aliphatic imine (C=N–C) groups is 1. The Morgan fingerprint density at radius 3 is 2.47 bits per heavy atom. The van der Waals surface area contributed by atoms with Crippen molar-refractivity contribution in [1.29, 1.82) is 0 Å². The number of imidazole rings is 1. The second kappa shape index (κ2) is 17.6. The number of rotatable bonds is 11. The number of aromatic nitrogens is 2. The fourth-order valence-corrected chi connectivity index (χ4v) is 6.29. The van der Waals surface area contributed by atoms with Gasteiger partial charge in [-0.1, -0.05) is 57.6 Å². The Labute approximate surface area is 300 Å². The zero-order valence-corrected chi connectivity index (χ0v) is 30.3. The second-order valence-electron chi connectivity index (χ2n) is 13.9. The van der Waals surface area contributed by atoms with Gasteiger partial charge >= 0.3 is 6.09 Å². The molecule has 268 valence electrons. The summed E-state index contributed by atoms with van der Waals surface area (Å²) in [4.78, 5) is 51.4. The van der Waals surface area contributed by atoms with E-state index in [1.54, 1.807) is 6.20 Å². The van der Waals surface area contributed by atoms with Crippen LogP contribution in [0.3, 0.4) is 0 Å². The largest absolute Gasteiger partial charge is 0.453 e. The number of hydrogen-bond acceptors (Lipinski definition) is 7. The number of hydrogen-bond donors (Lipinski definition) is 4. The highest BCUT2D eigenvalue weighted by Gasteiger charge is 2.39. The Morgan fingerprint density at radius 2 is 1.76 bits per heavy atom. The predicted octanol–water partition coefficient (Wildman–Crippen LogP) is 4.54. The van der Waals surface area contributed by atoms with Crippen LogP contribution >= 0.6 is 0 Å². The van der Waals surface area contributed by atoms with Crippen LogP contribution in [0.1, 0.15) is 82.4 Å². The third kappa shape index (κ3) is 10.4. The highest BCUT2D eigenvalue weighted by atomic mass is 16.5. The van der Waals surface area contributed by atoms with E-state index in [0.29, 0.717) is 32.0 Å². The van der Waals surface area contributed by atoms with Crippen molar-refractivity contribution in [1.82, 2.24) is 30.8 Å². The summed E-state index contributed by atoms with van der Waals surface area (Å²) >= 11 is 0. The molecule has 2 aromatic carbocycles. The average molecular weight is 692 g/mol. The highest BCUT2D eigenvalue weighted by molar-refractivity contribution is 5.95. The van der Waals surface area contributed by atoms with Gasteiger partial charge in [-0.15, -0.1) is 0 Å². The smallest absolute Gasteiger partial charge is 0.407 e. The molecule has 3 atom stereocenters. The SMILES string of the molecule is COC(=O)N[C@H](C(=O)N1CCC[C@H]1C1=NCC(C#Cc2ccc3cc(C#Cc4cnc(CCCCNC(=O)CC(C)C)[nH]4)ccc3c2)N1)C(C)C. The van der Waals surface area contributed by atoms with E-state index in [1.807, 2.05) is 44.7 Å². The van der Waals surface area contributed by atoms with Gasteiger partial charge in [0.05, 0.1) is 25.9 Å². The number of nitrogens with one attached hydrogen (secondary N) is 4. The van der Waals surface area contributed by atoms with E-state index in [-0.39, 0.29) is 29.8 Å². The van der Waals surface area contributed by atoms with Crippen molar-refractivity contribution in [2.24, 2.45) is 16.8 Å². The number of ether oxygens (including phenoxy) is 1. The molecule has 0 aliphatic carbocycles. The third-order valence-electron chi connectivity index (χ3n) is 8.97. The van der Waals surface area contributed by atoms with Gasteiger partial charge < -0.3 is 30.6 Å². The second-order valence-corrected chi connectivity index (χ2v) is 13.9. The third-order valence-corrected chi connectivity index (χ3v) is 8.97. The lowest BCUT2D eigenvalue weighted by Crippen LogP contribution is -2.55. The summed E-state index contributed by atoms with van der Waals surface area (Å²) < 4.78 is 4.74. The lowest BCUT2D eigenvalue weighted by Gasteiger charge is -2.31.